The van der Waals surface area contributed by atoms with Crippen LogP contribution >= 0.6 is 0 Å². The van der Waals surface area contributed by atoms with Crippen molar-refractivity contribution in [2.75, 3.05) is 6.61 Å². The molecule has 20 heavy (non-hydrogen) atoms. The molecule has 0 spiro atoms. The molecule has 1 aromatic rings. The summed E-state index contributed by atoms with van der Waals surface area (Å²) in [4.78, 5) is 11.6. The molecule has 2 heterocycles. The van der Waals surface area contributed by atoms with Gasteiger partial charge in [-0.1, -0.05) is 19.8 Å². The molecule has 2 atom stereocenters. The summed E-state index contributed by atoms with van der Waals surface area (Å²) in [6.45, 7) is 3.17. The Morgan fingerprint density at radius 2 is 2.25 bits per heavy atom. The summed E-state index contributed by atoms with van der Waals surface area (Å²) < 4.78 is 7.34. The molecule has 2 aliphatic rings. The van der Waals surface area contributed by atoms with Crippen LogP contribution in [0.3, 0.4) is 0 Å². The van der Waals surface area contributed by atoms with Gasteiger partial charge in [-0.25, -0.2) is 4.68 Å². The molecule has 0 bridgehead atoms. The molecule has 2 unspecified atom stereocenters. The fraction of sp³-hybridized carbons (Fsp3) is 0.846. The Kier molecular flexibility index (Phi) is 3.45. The lowest BCUT2D eigenvalue weighted by molar-refractivity contribution is -0.149. The topological polar surface area (TPSA) is 90.1 Å². The highest BCUT2D eigenvalue weighted by Gasteiger charge is 2.43. The Morgan fingerprint density at radius 3 is 2.85 bits per heavy atom. The van der Waals surface area contributed by atoms with Gasteiger partial charge in [-0.05, 0) is 35.6 Å². The van der Waals surface area contributed by atoms with Crippen molar-refractivity contribution in [3.05, 3.63) is 5.82 Å². The minimum atomic E-state index is -0.739. The van der Waals surface area contributed by atoms with Gasteiger partial charge in [0.15, 0.2) is 5.82 Å². The van der Waals surface area contributed by atoms with E-state index in [1.807, 2.05) is 0 Å². The van der Waals surface area contributed by atoms with Gasteiger partial charge in [0.05, 0.1) is 12.0 Å². The average Bonchev–Trinajstić information content (AvgIpc) is 3.11. The summed E-state index contributed by atoms with van der Waals surface area (Å²) in [5, 5.41) is 21.3. The lowest BCUT2D eigenvalue weighted by atomic mass is 9.86. The molecule has 0 aromatic carbocycles. The van der Waals surface area contributed by atoms with Gasteiger partial charge in [0.25, 0.3) is 0 Å². The number of rotatable bonds is 4. The van der Waals surface area contributed by atoms with Gasteiger partial charge < -0.3 is 9.84 Å². The molecule has 110 valence electrons. The second-order valence-electron chi connectivity index (χ2n) is 6.04. The molecule has 1 aromatic heterocycles. The van der Waals surface area contributed by atoms with E-state index >= 15 is 0 Å². The van der Waals surface area contributed by atoms with Crippen LogP contribution in [0.4, 0.5) is 0 Å². The zero-order valence-electron chi connectivity index (χ0n) is 11.7. The fourth-order valence-electron chi connectivity index (χ4n) is 3.33. The van der Waals surface area contributed by atoms with E-state index in [0.717, 1.165) is 19.3 Å². The number of carbonyl (C=O) groups is 1. The molecular weight excluding hydrogens is 260 g/mol. The molecule has 2 fully saturated rings. The molecule has 7 nitrogen and oxygen atoms in total. The highest BCUT2D eigenvalue weighted by atomic mass is 16.5. The first-order valence-corrected chi connectivity index (χ1v) is 7.23. The molecule has 0 amide bonds. The van der Waals surface area contributed by atoms with Crippen molar-refractivity contribution in [3.63, 3.8) is 0 Å². The van der Waals surface area contributed by atoms with E-state index in [-0.39, 0.29) is 6.10 Å². The number of hydrogen-bond acceptors (Lipinski definition) is 5. The lowest BCUT2D eigenvalue weighted by Crippen LogP contribution is -2.34. The Morgan fingerprint density at radius 1 is 1.50 bits per heavy atom. The summed E-state index contributed by atoms with van der Waals surface area (Å²) >= 11 is 0. The van der Waals surface area contributed by atoms with E-state index in [1.54, 1.807) is 4.68 Å². The van der Waals surface area contributed by atoms with Crippen molar-refractivity contribution in [2.45, 2.75) is 51.7 Å². The first kappa shape index (κ1) is 13.5. The number of ether oxygens (including phenoxy) is 1. The Labute approximate surface area is 117 Å². The highest BCUT2D eigenvalue weighted by molar-refractivity contribution is 5.74. The first-order valence-electron chi connectivity index (χ1n) is 7.23. The zero-order chi connectivity index (χ0) is 14.2. The molecule has 1 aliphatic carbocycles. The second kappa shape index (κ2) is 5.12. The Hall–Kier alpha value is -1.50. The highest BCUT2D eigenvalue weighted by Crippen LogP contribution is 2.41. The van der Waals surface area contributed by atoms with Crippen LogP contribution in [0.15, 0.2) is 0 Å². The van der Waals surface area contributed by atoms with Gasteiger partial charge in [-0.2, -0.15) is 0 Å². The second-order valence-corrected chi connectivity index (χ2v) is 6.04. The predicted molar refractivity (Wildman–Crippen MR) is 68.8 cm³/mol. The molecule has 1 aliphatic heterocycles. The van der Waals surface area contributed by atoms with Crippen molar-refractivity contribution in [1.29, 1.82) is 0 Å². The van der Waals surface area contributed by atoms with Crippen molar-refractivity contribution in [1.82, 2.24) is 20.2 Å². The third-order valence-electron chi connectivity index (χ3n) is 4.67. The van der Waals surface area contributed by atoms with Crippen molar-refractivity contribution < 1.29 is 14.6 Å². The van der Waals surface area contributed by atoms with E-state index < -0.39 is 11.4 Å². The third-order valence-corrected chi connectivity index (χ3v) is 4.67. The zero-order valence-corrected chi connectivity index (χ0v) is 11.7. The summed E-state index contributed by atoms with van der Waals surface area (Å²) in [6.07, 6.45) is 4.19. The lowest BCUT2D eigenvalue weighted by Gasteiger charge is -2.24. The summed E-state index contributed by atoms with van der Waals surface area (Å²) in [7, 11) is 0. The smallest absolute Gasteiger partial charge is 0.311 e. The van der Waals surface area contributed by atoms with E-state index in [4.69, 9.17) is 4.74 Å². The number of tetrazole rings is 1. The summed E-state index contributed by atoms with van der Waals surface area (Å²) in [5.74, 6) is 0.295. The third kappa shape index (κ3) is 2.19. The maximum atomic E-state index is 11.6. The van der Waals surface area contributed by atoms with E-state index in [1.165, 1.54) is 0 Å². The molecular formula is C13H20N4O3. The van der Waals surface area contributed by atoms with E-state index in [9.17, 15) is 9.90 Å². The van der Waals surface area contributed by atoms with Crippen LogP contribution in [0.2, 0.25) is 0 Å². The van der Waals surface area contributed by atoms with Crippen molar-refractivity contribution >= 4 is 5.97 Å². The number of aliphatic carboxylic acids is 1. The number of carboxylic acid groups (broad SMARTS) is 1. The quantitative estimate of drug-likeness (QED) is 0.897. The van der Waals surface area contributed by atoms with Crippen molar-refractivity contribution in [3.8, 4) is 0 Å². The SMILES string of the molecule is CC1CCOC1c1nnnn1CC1(C(=O)O)CCCC1. The number of carboxylic acids is 1. The minimum absolute atomic E-state index is 0.114. The van der Waals surface area contributed by atoms with Gasteiger partial charge in [0.2, 0.25) is 0 Å². The molecule has 1 saturated heterocycles. The van der Waals surface area contributed by atoms with Gasteiger partial charge in [-0.15, -0.1) is 5.10 Å². The Balaban J connectivity index is 1.84. The van der Waals surface area contributed by atoms with Crippen LogP contribution in [-0.4, -0.2) is 37.9 Å². The van der Waals surface area contributed by atoms with Crippen molar-refractivity contribution in [2.24, 2.45) is 11.3 Å². The monoisotopic (exact) mass is 280 g/mol. The van der Waals surface area contributed by atoms with Gasteiger partial charge >= 0.3 is 5.97 Å². The fourth-order valence-corrected chi connectivity index (χ4v) is 3.33. The summed E-state index contributed by atoms with van der Waals surface area (Å²) in [5.41, 5.74) is -0.716. The average molecular weight is 280 g/mol. The van der Waals surface area contributed by atoms with Crippen LogP contribution in [0.5, 0.6) is 0 Å². The number of aromatic nitrogens is 4. The van der Waals surface area contributed by atoms with Crippen LogP contribution in [0.1, 0.15) is 51.0 Å². The van der Waals surface area contributed by atoms with E-state index in [2.05, 4.69) is 22.4 Å². The van der Waals surface area contributed by atoms with Gasteiger partial charge in [-0.3, -0.25) is 4.79 Å². The predicted octanol–water partition coefficient (Wildman–Crippen LogP) is 1.42. The van der Waals surface area contributed by atoms with E-state index in [0.29, 0.717) is 37.7 Å². The standard InChI is InChI=1S/C13H20N4O3/c1-9-4-7-20-10(9)11-14-15-16-17(11)8-13(12(18)19)5-2-3-6-13/h9-10H,2-8H2,1H3,(H,18,19). The normalized spacial score (nSPS) is 28.9. The van der Waals surface area contributed by atoms with Gasteiger partial charge in [0.1, 0.15) is 6.10 Å². The molecule has 0 radical (unpaired) electrons. The number of nitrogens with zero attached hydrogens (tertiary/aromatic N) is 4. The molecule has 7 heteroatoms. The maximum absolute atomic E-state index is 11.6. The van der Waals surface area contributed by atoms with Crippen LogP contribution in [0, 0.1) is 11.3 Å². The molecule has 3 rings (SSSR count). The molecule has 1 saturated carbocycles. The molecule has 1 N–H and O–H groups in total. The largest absolute Gasteiger partial charge is 0.481 e. The van der Waals surface area contributed by atoms with Crippen LogP contribution < -0.4 is 0 Å². The first-order chi connectivity index (χ1) is 9.62. The van der Waals surface area contributed by atoms with Crippen LogP contribution in [-0.2, 0) is 16.1 Å². The van der Waals surface area contributed by atoms with Gasteiger partial charge in [0, 0.05) is 6.61 Å². The maximum Gasteiger partial charge on any atom is 0.311 e. The minimum Gasteiger partial charge on any atom is -0.481 e. The number of hydrogen-bond donors (Lipinski definition) is 1. The Bertz CT molecular complexity index is 496. The summed E-state index contributed by atoms with van der Waals surface area (Å²) in [6, 6.07) is 0. The van der Waals surface area contributed by atoms with Crippen LogP contribution in [0.25, 0.3) is 0 Å².